The summed E-state index contributed by atoms with van der Waals surface area (Å²) < 4.78 is 13.1. The summed E-state index contributed by atoms with van der Waals surface area (Å²) in [7, 11) is 0. The van der Waals surface area contributed by atoms with E-state index >= 15 is 0 Å². The standard InChI is InChI=1S/C15H12FN3O4/c16-12-7-9(1-6-13(12)20)8-17-18-14(21)10-2-4-11(5-3-10)15(22)19-23/h1-8,20,23H,(H,18,21)(H,19,22)/b17-8+. The van der Waals surface area contributed by atoms with Crippen LogP contribution in [0.2, 0.25) is 0 Å². The molecule has 2 amide bonds. The van der Waals surface area contributed by atoms with E-state index in [-0.39, 0.29) is 11.1 Å². The molecule has 0 heterocycles. The number of halogens is 1. The highest BCUT2D eigenvalue weighted by Gasteiger charge is 2.07. The molecular weight excluding hydrogens is 305 g/mol. The Hall–Kier alpha value is -3.26. The van der Waals surface area contributed by atoms with Crippen molar-refractivity contribution in [2.75, 3.05) is 0 Å². The van der Waals surface area contributed by atoms with Gasteiger partial charge in [-0.05, 0) is 48.0 Å². The van der Waals surface area contributed by atoms with Gasteiger partial charge in [0.05, 0.1) is 6.21 Å². The molecule has 0 aliphatic carbocycles. The van der Waals surface area contributed by atoms with Crippen LogP contribution in [0.5, 0.6) is 5.75 Å². The van der Waals surface area contributed by atoms with Gasteiger partial charge in [0.1, 0.15) is 0 Å². The van der Waals surface area contributed by atoms with Gasteiger partial charge < -0.3 is 5.11 Å². The van der Waals surface area contributed by atoms with Crippen molar-refractivity contribution >= 4 is 18.0 Å². The Kier molecular flexibility index (Phi) is 5.00. The molecule has 0 fully saturated rings. The van der Waals surface area contributed by atoms with Crippen molar-refractivity contribution < 1.29 is 24.3 Å². The Morgan fingerprint density at radius 3 is 2.22 bits per heavy atom. The summed E-state index contributed by atoms with van der Waals surface area (Å²) in [5, 5.41) is 21.2. The highest BCUT2D eigenvalue weighted by molar-refractivity contribution is 5.97. The first-order valence-corrected chi connectivity index (χ1v) is 6.37. The van der Waals surface area contributed by atoms with Crippen LogP contribution in [0.4, 0.5) is 4.39 Å². The number of hydroxylamine groups is 1. The molecule has 0 spiro atoms. The third kappa shape index (κ3) is 4.11. The number of hydrogen-bond donors (Lipinski definition) is 4. The quantitative estimate of drug-likeness (QED) is 0.388. The van der Waals surface area contributed by atoms with Gasteiger partial charge in [-0.3, -0.25) is 14.8 Å². The second-order valence-electron chi connectivity index (χ2n) is 4.43. The van der Waals surface area contributed by atoms with Gasteiger partial charge in [-0.1, -0.05) is 0 Å². The number of amides is 2. The molecule has 118 valence electrons. The van der Waals surface area contributed by atoms with E-state index in [4.69, 9.17) is 10.3 Å². The van der Waals surface area contributed by atoms with Crippen molar-refractivity contribution in [2.24, 2.45) is 5.10 Å². The summed E-state index contributed by atoms with van der Waals surface area (Å²) in [6.45, 7) is 0. The Morgan fingerprint density at radius 1 is 1.04 bits per heavy atom. The normalized spacial score (nSPS) is 10.5. The molecule has 0 unspecified atom stereocenters. The molecule has 2 aromatic carbocycles. The highest BCUT2D eigenvalue weighted by atomic mass is 19.1. The molecule has 0 saturated carbocycles. The van der Waals surface area contributed by atoms with Crippen molar-refractivity contribution in [2.45, 2.75) is 0 Å². The SMILES string of the molecule is O=C(NO)c1ccc(C(=O)N/N=C/c2ccc(O)c(F)c2)cc1. The van der Waals surface area contributed by atoms with Gasteiger partial charge in [-0.2, -0.15) is 5.10 Å². The van der Waals surface area contributed by atoms with E-state index in [0.29, 0.717) is 5.56 Å². The number of phenols is 1. The maximum absolute atomic E-state index is 13.1. The summed E-state index contributed by atoms with van der Waals surface area (Å²) in [4.78, 5) is 23.0. The molecule has 0 atom stereocenters. The number of carbonyl (C=O) groups excluding carboxylic acids is 2. The minimum Gasteiger partial charge on any atom is -0.505 e. The molecule has 8 heteroatoms. The first kappa shape index (κ1) is 16.1. The zero-order chi connectivity index (χ0) is 16.8. The Balaban J connectivity index is 2.00. The number of phenolic OH excluding ortho intramolecular Hbond substituents is 1. The fourth-order valence-electron chi connectivity index (χ4n) is 1.67. The molecule has 2 aromatic rings. The van der Waals surface area contributed by atoms with E-state index < -0.39 is 23.4 Å². The lowest BCUT2D eigenvalue weighted by Gasteiger charge is -2.02. The fourth-order valence-corrected chi connectivity index (χ4v) is 1.67. The lowest BCUT2D eigenvalue weighted by atomic mass is 10.1. The third-order valence-electron chi connectivity index (χ3n) is 2.86. The van der Waals surface area contributed by atoms with Gasteiger partial charge in [0.15, 0.2) is 11.6 Å². The van der Waals surface area contributed by atoms with Gasteiger partial charge in [0.2, 0.25) is 0 Å². The van der Waals surface area contributed by atoms with Crippen LogP contribution in [0.3, 0.4) is 0 Å². The number of aromatic hydroxyl groups is 1. The Morgan fingerprint density at radius 2 is 1.65 bits per heavy atom. The summed E-state index contributed by atoms with van der Waals surface area (Å²) in [5.74, 6) is -2.49. The number of nitrogens with one attached hydrogen (secondary N) is 2. The zero-order valence-corrected chi connectivity index (χ0v) is 11.7. The van der Waals surface area contributed by atoms with Crippen LogP contribution >= 0.6 is 0 Å². The molecule has 0 saturated heterocycles. The number of nitrogens with zero attached hydrogens (tertiary/aromatic N) is 1. The number of hydrogen-bond acceptors (Lipinski definition) is 5. The summed E-state index contributed by atoms with van der Waals surface area (Å²) >= 11 is 0. The molecular formula is C15H12FN3O4. The maximum atomic E-state index is 13.1. The van der Waals surface area contributed by atoms with Crippen LogP contribution in [0.25, 0.3) is 0 Å². The van der Waals surface area contributed by atoms with E-state index in [9.17, 15) is 14.0 Å². The summed E-state index contributed by atoms with van der Waals surface area (Å²) in [6.07, 6.45) is 1.22. The molecule has 2 rings (SSSR count). The minimum absolute atomic E-state index is 0.187. The van der Waals surface area contributed by atoms with Gasteiger partial charge in [0.25, 0.3) is 11.8 Å². The lowest BCUT2D eigenvalue weighted by Crippen LogP contribution is -2.20. The number of carbonyl (C=O) groups is 2. The number of benzene rings is 2. The topological polar surface area (TPSA) is 111 Å². The van der Waals surface area contributed by atoms with E-state index in [1.165, 1.54) is 48.1 Å². The van der Waals surface area contributed by atoms with Gasteiger partial charge in [0, 0.05) is 11.1 Å². The van der Waals surface area contributed by atoms with Crippen molar-refractivity contribution in [1.82, 2.24) is 10.9 Å². The Labute approximate surface area is 130 Å². The van der Waals surface area contributed by atoms with Crippen LogP contribution in [-0.2, 0) is 0 Å². The third-order valence-corrected chi connectivity index (χ3v) is 2.86. The van der Waals surface area contributed by atoms with Crippen LogP contribution in [-0.4, -0.2) is 28.3 Å². The molecule has 0 aliphatic heterocycles. The van der Waals surface area contributed by atoms with E-state index in [0.717, 1.165) is 6.07 Å². The predicted octanol–water partition coefficient (Wildman–Crippen LogP) is 1.41. The first-order valence-electron chi connectivity index (χ1n) is 6.37. The van der Waals surface area contributed by atoms with Gasteiger partial charge in [-0.15, -0.1) is 0 Å². The van der Waals surface area contributed by atoms with Crippen LogP contribution in [0.1, 0.15) is 26.3 Å². The first-order chi connectivity index (χ1) is 11.0. The van der Waals surface area contributed by atoms with Crippen molar-refractivity contribution in [3.05, 3.63) is 65.0 Å². The maximum Gasteiger partial charge on any atom is 0.274 e. The average molecular weight is 317 g/mol. The largest absolute Gasteiger partial charge is 0.505 e. The van der Waals surface area contributed by atoms with E-state index in [1.54, 1.807) is 0 Å². The van der Waals surface area contributed by atoms with E-state index in [2.05, 4.69) is 10.5 Å². The average Bonchev–Trinajstić information content (AvgIpc) is 2.57. The summed E-state index contributed by atoms with van der Waals surface area (Å²) in [6, 6.07) is 9.15. The zero-order valence-electron chi connectivity index (χ0n) is 11.7. The molecule has 0 radical (unpaired) electrons. The minimum atomic E-state index is -0.793. The molecule has 0 bridgehead atoms. The second-order valence-corrected chi connectivity index (χ2v) is 4.43. The lowest BCUT2D eigenvalue weighted by molar-refractivity contribution is 0.0706. The smallest absolute Gasteiger partial charge is 0.274 e. The van der Waals surface area contributed by atoms with Gasteiger partial charge >= 0.3 is 0 Å². The number of rotatable bonds is 4. The second kappa shape index (κ2) is 7.14. The van der Waals surface area contributed by atoms with Crippen molar-refractivity contribution in [3.63, 3.8) is 0 Å². The molecule has 0 aliphatic rings. The fraction of sp³-hybridized carbons (Fsp3) is 0. The predicted molar refractivity (Wildman–Crippen MR) is 78.8 cm³/mol. The summed E-state index contributed by atoms with van der Waals surface area (Å²) in [5.41, 5.74) is 4.51. The molecule has 0 aromatic heterocycles. The van der Waals surface area contributed by atoms with E-state index in [1.807, 2.05) is 0 Å². The van der Waals surface area contributed by atoms with Crippen LogP contribution < -0.4 is 10.9 Å². The van der Waals surface area contributed by atoms with Gasteiger partial charge in [-0.25, -0.2) is 15.3 Å². The van der Waals surface area contributed by atoms with Crippen molar-refractivity contribution in [3.8, 4) is 5.75 Å². The van der Waals surface area contributed by atoms with Crippen LogP contribution in [0, 0.1) is 5.82 Å². The van der Waals surface area contributed by atoms with Crippen LogP contribution in [0.15, 0.2) is 47.6 Å². The number of hydrazone groups is 1. The highest BCUT2D eigenvalue weighted by Crippen LogP contribution is 2.14. The van der Waals surface area contributed by atoms with Crippen molar-refractivity contribution in [1.29, 1.82) is 0 Å². The molecule has 7 nitrogen and oxygen atoms in total. The monoisotopic (exact) mass is 317 g/mol. The Bertz CT molecular complexity index is 760. The molecule has 4 N–H and O–H groups in total. The molecule has 23 heavy (non-hydrogen) atoms.